The van der Waals surface area contributed by atoms with E-state index >= 15 is 0 Å². The molecule has 3 aromatic rings. The van der Waals surface area contributed by atoms with E-state index < -0.39 is 17.8 Å². The summed E-state index contributed by atoms with van der Waals surface area (Å²) in [6, 6.07) is 4.09. The minimum atomic E-state index is -0.571. The van der Waals surface area contributed by atoms with Gasteiger partial charge in [0, 0.05) is 6.54 Å². The molecule has 0 bridgehead atoms. The minimum absolute atomic E-state index is 0.0595. The Bertz CT molecular complexity index is 1100. The van der Waals surface area contributed by atoms with Crippen molar-refractivity contribution in [2.24, 2.45) is 10.7 Å². The number of anilines is 1. The Morgan fingerprint density at radius 2 is 2.28 bits per heavy atom. The first-order chi connectivity index (χ1) is 15.4. The molecule has 3 rings (SSSR count). The molecule has 13 nitrogen and oxygen atoms in total. The molecule has 0 radical (unpaired) electrons. The number of aromatic nitrogens is 5. The third kappa shape index (κ3) is 6.05. The second-order valence-electron chi connectivity index (χ2n) is 6.38. The van der Waals surface area contributed by atoms with Crippen LogP contribution in [0.2, 0.25) is 0 Å². The van der Waals surface area contributed by atoms with E-state index in [1.54, 1.807) is 17.8 Å². The van der Waals surface area contributed by atoms with Gasteiger partial charge in [0.05, 0.1) is 22.9 Å². The van der Waals surface area contributed by atoms with E-state index in [1.807, 2.05) is 5.48 Å². The maximum Gasteiger partial charge on any atom is 0.243 e. The molecular formula is C17H19BrFN9O4. The summed E-state index contributed by atoms with van der Waals surface area (Å²) in [5.74, 6) is -0.864. The lowest BCUT2D eigenvalue weighted by molar-refractivity contribution is -0.124. The van der Waals surface area contributed by atoms with Gasteiger partial charge in [-0.05, 0) is 51.4 Å². The van der Waals surface area contributed by atoms with Crippen molar-refractivity contribution in [2.75, 3.05) is 18.5 Å². The van der Waals surface area contributed by atoms with Crippen LogP contribution in [0, 0.1) is 5.82 Å². The van der Waals surface area contributed by atoms with Crippen molar-refractivity contribution in [3.63, 3.8) is 0 Å². The number of carbonyl (C=O) groups is 1. The fraction of sp³-hybridized carbons (Fsp3) is 0.294. The first-order valence-electron chi connectivity index (χ1n) is 9.18. The van der Waals surface area contributed by atoms with Gasteiger partial charge in [-0.25, -0.2) is 14.0 Å². The van der Waals surface area contributed by atoms with Crippen LogP contribution in [0.1, 0.15) is 24.4 Å². The lowest BCUT2D eigenvalue weighted by atomic mass is 10.3. The molecule has 1 amide bonds. The minimum Gasteiger partial charge on any atom is -0.368 e. The van der Waals surface area contributed by atoms with E-state index in [2.05, 4.69) is 46.9 Å². The summed E-state index contributed by atoms with van der Waals surface area (Å²) in [6.07, 6.45) is 1.22. The number of aliphatic imine (C=N–C) groups is 1. The second kappa shape index (κ2) is 10.7. The average molecular weight is 512 g/mol. The number of rotatable bonds is 10. The molecule has 170 valence electrons. The van der Waals surface area contributed by atoms with E-state index in [0.29, 0.717) is 24.5 Å². The normalized spacial score (nSPS) is 12.6. The van der Waals surface area contributed by atoms with Gasteiger partial charge in [-0.1, -0.05) is 5.21 Å². The number of halogens is 2. The number of benzene rings is 1. The maximum atomic E-state index is 13.4. The molecular weight excluding hydrogens is 493 g/mol. The van der Waals surface area contributed by atoms with Crippen molar-refractivity contribution >= 4 is 39.2 Å². The SMILES string of the molecule is CC(OCC(N)=O)c1cn(CCNc2nonc2C(=Nc2ccc(F)c(Br)c2)NO)nn1. The Labute approximate surface area is 188 Å². The number of hydrogen-bond donors (Lipinski definition) is 4. The third-order valence-electron chi connectivity index (χ3n) is 4.04. The first kappa shape index (κ1) is 23.2. The van der Waals surface area contributed by atoms with Crippen LogP contribution in [0.5, 0.6) is 0 Å². The van der Waals surface area contributed by atoms with Gasteiger partial charge >= 0.3 is 0 Å². The average Bonchev–Trinajstić information content (AvgIpc) is 3.43. The predicted octanol–water partition coefficient (Wildman–Crippen LogP) is 1.29. The van der Waals surface area contributed by atoms with Gasteiger partial charge in [-0.3, -0.25) is 20.2 Å². The molecule has 0 fully saturated rings. The summed E-state index contributed by atoms with van der Waals surface area (Å²) in [5, 5.41) is 27.9. The topological polar surface area (TPSA) is 179 Å². The molecule has 0 aliphatic carbocycles. The Kier molecular flexibility index (Phi) is 7.80. The highest BCUT2D eigenvalue weighted by Crippen LogP contribution is 2.23. The van der Waals surface area contributed by atoms with E-state index in [9.17, 15) is 14.4 Å². The number of nitrogens with two attached hydrogens (primary N) is 1. The number of hydroxylamine groups is 1. The molecule has 2 heterocycles. The highest BCUT2D eigenvalue weighted by atomic mass is 79.9. The summed E-state index contributed by atoms with van der Waals surface area (Å²) in [6.45, 7) is 2.26. The number of hydrogen-bond acceptors (Lipinski definition) is 10. The number of amidine groups is 1. The van der Waals surface area contributed by atoms with Crippen molar-refractivity contribution in [1.82, 2.24) is 30.8 Å². The lowest BCUT2D eigenvalue weighted by Crippen LogP contribution is -2.22. The van der Waals surface area contributed by atoms with Crippen molar-refractivity contribution in [1.29, 1.82) is 0 Å². The number of primary amides is 1. The predicted molar refractivity (Wildman–Crippen MR) is 112 cm³/mol. The van der Waals surface area contributed by atoms with E-state index in [-0.39, 0.29) is 28.4 Å². The number of nitrogens with zero attached hydrogens (tertiary/aromatic N) is 6. The number of ether oxygens (including phenoxy) is 1. The molecule has 0 saturated heterocycles. The molecule has 2 aromatic heterocycles. The van der Waals surface area contributed by atoms with Crippen LogP contribution >= 0.6 is 15.9 Å². The molecule has 32 heavy (non-hydrogen) atoms. The van der Waals surface area contributed by atoms with Crippen LogP contribution in [0.15, 0.2) is 38.5 Å². The van der Waals surface area contributed by atoms with Gasteiger partial charge in [0.15, 0.2) is 11.5 Å². The van der Waals surface area contributed by atoms with Crippen LogP contribution in [0.25, 0.3) is 0 Å². The molecule has 15 heteroatoms. The van der Waals surface area contributed by atoms with Crippen molar-refractivity contribution in [3.8, 4) is 0 Å². The highest BCUT2D eigenvalue weighted by Gasteiger charge is 2.17. The summed E-state index contributed by atoms with van der Waals surface area (Å²) in [7, 11) is 0. The molecule has 1 unspecified atom stereocenters. The third-order valence-corrected chi connectivity index (χ3v) is 4.65. The summed E-state index contributed by atoms with van der Waals surface area (Å²) in [4.78, 5) is 15.0. The molecule has 5 N–H and O–H groups in total. The van der Waals surface area contributed by atoms with Crippen LogP contribution in [-0.2, 0) is 16.1 Å². The van der Waals surface area contributed by atoms with Crippen LogP contribution < -0.4 is 16.5 Å². The van der Waals surface area contributed by atoms with Gasteiger partial charge in [0.25, 0.3) is 0 Å². The summed E-state index contributed by atoms with van der Waals surface area (Å²) < 4.78 is 25.2. The zero-order chi connectivity index (χ0) is 23.1. The largest absolute Gasteiger partial charge is 0.368 e. The van der Waals surface area contributed by atoms with E-state index in [0.717, 1.165) is 0 Å². The monoisotopic (exact) mass is 511 g/mol. The quantitative estimate of drug-likeness (QED) is 0.176. The van der Waals surface area contributed by atoms with Gasteiger partial charge < -0.3 is 15.8 Å². The highest BCUT2D eigenvalue weighted by molar-refractivity contribution is 9.10. The molecule has 1 aromatic carbocycles. The summed E-state index contributed by atoms with van der Waals surface area (Å²) >= 11 is 3.08. The van der Waals surface area contributed by atoms with Crippen molar-refractivity contribution < 1.29 is 23.8 Å². The van der Waals surface area contributed by atoms with Crippen LogP contribution in [-0.4, -0.2) is 55.4 Å². The fourth-order valence-corrected chi connectivity index (χ4v) is 2.83. The summed E-state index contributed by atoms with van der Waals surface area (Å²) in [5.41, 5.74) is 8.00. The zero-order valence-corrected chi connectivity index (χ0v) is 18.3. The molecule has 0 aliphatic heterocycles. The van der Waals surface area contributed by atoms with Crippen molar-refractivity contribution in [2.45, 2.75) is 19.6 Å². The molecule has 0 saturated carbocycles. The van der Waals surface area contributed by atoms with E-state index in [1.165, 1.54) is 18.2 Å². The molecule has 0 aliphatic rings. The fourth-order valence-electron chi connectivity index (χ4n) is 2.46. The van der Waals surface area contributed by atoms with Crippen LogP contribution in [0.4, 0.5) is 15.9 Å². The van der Waals surface area contributed by atoms with Gasteiger partial charge in [-0.2, -0.15) is 0 Å². The Morgan fingerprint density at radius 1 is 1.47 bits per heavy atom. The van der Waals surface area contributed by atoms with Gasteiger partial charge in [0.2, 0.25) is 11.7 Å². The molecule has 0 spiro atoms. The molecule has 1 atom stereocenters. The number of carbonyl (C=O) groups excluding carboxylic acids is 1. The second-order valence-corrected chi connectivity index (χ2v) is 7.24. The smallest absolute Gasteiger partial charge is 0.243 e. The van der Waals surface area contributed by atoms with Crippen LogP contribution in [0.3, 0.4) is 0 Å². The standard InChI is InChI=1S/C17H19BrFN9O4/c1-9(31-8-14(20)29)13-7-28(27-23-13)5-4-21-16-15(25-32-26-16)17(24-30)22-10-2-3-12(19)11(18)6-10/h2-3,6-7,9,30H,4-5,8H2,1H3,(H2,20,29)(H,21,26)(H,22,24). The lowest BCUT2D eigenvalue weighted by Gasteiger charge is -2.07. The Morgan fingerprint density at radius 3 is 3.00 bits per heavy atom. The van der Waals surface area contributed by atoms with Gasteiger partial charge in [0.1, 0.15) is 24.2 Å². The number of nitrogens with one attached hydrogen (secondary N) is 2. The zero-order valence-electron chi connectivity index (χ0n) is 16.7. The maximum absolute atomic E-state index is 13.4. The van der Waals surface area contributed by atoms with Crippen molar-refractivity contribution in [3.05, 3.63) is 46.1 Å². The van der Waals surface area contributed by atoms with Gasteiger partial charge in [-0.15, -0.1) is 5.10 Å². The number of amides is 1. The Hall–Kier alpha value is -3.43. The van der Waals surface area contributed by atoms with E-state index in [4.69, 9.17) is 15.1 Å². The Balaban J connectivity index is 1.62. The first-order valence-corrected chi connectivity index (χ1v) is 9.97.